The Morgan fingerprint density at radius 3 is 2.85 bits per heavy atom. The molecule has 2 aliphatic heterocycles. The van der Waals surface area contributed by atoms with Crippen molar-refractivity contribution in [1.82, 2.24) is 9.47 Å². The summed E-state index contributed by atoms with van der Waals surface area (Å²) >= 11 is 0. The number of nitrogens with zero attached hydrogens (tertiary/aromatic N) is 2. The standard InChI is InChI=1S/C16H18N2O2/c1-16-10-13(20)15-11(4-2-5-12(15)19)18(16)9-8-17-7-3-6-14(16)17/h3,6-7H,2,4-5,8-10H2,1H3/t16-/m0/s1. The molecule has 4 rings (SSSR count). The first kappa shape index (κ1) is 11.9. The molecule has 3 aliphatic rings. The Morgan fingerprint density at radius 2 is 2.00 bits per heavy atom. The van der Waals surface area contributed by atoms with Crippen molar-refractivity contribution in [3.63, 3.8) is 0 Å². The van der Waals surface area contributed by atoms with E-state index >= 15 is 0 Å². The average Bonchev–Trinajstić information content (AvgIpc) is 2.87. The van der Waals surface area contributed by atoms with Crippen LogP contribution in [0.3, 0.4) is 0 Å². The molecule has 0 saturated carbocycles. The molecule has 0 radical (unpaired) electrons. The van der Waals surface area contributed by atoms with E-state index < -0.39 is 0 Å². The maximum absolute atomic E-state index is 12.5. The van der Waals surface area contributed by atoms with E-state index in [1.165, 1.54) is 5.69 Å². The van der Waals surface area contributed by atoms with Gasteiger partial charge < -0.3 is 9.47 Å². The highest BCUT2D eigenvalue weighted by Gasteiger charge is 2.48. The summed E-state index contributed by atoms with van der Waals surface area (Å²) in [5.41, 5.74) is 2.43. The van der Waals surface area contributed by atoms with Crippen LogP contribution in [0, 0.1) is 0 Å². The molecular weight excluding hydrogens is 252 g/mol. The summed E-state index contributed by atoms with van der Waals surface area (Å²) in [6, 6.07) is 4.15. The number of fused-ring (bicyclic) bond motifs is 4. The van der Waals surface area contributed by atoms with Gasteiger partial charge in [0.05, 0.1) is 11.1 Å². The van der Waals surface area contributed by atoms with E-state index in [0.717, 1.165) is 31.6 Å². The summed E-state index contributed by atoms with van der Waals surface area (Å²) in [6.07, 6.45) is 4.77. The van der Waals surface area contributed by atoms with Gasteiger partial charge in [-0.15, -0.1) is 0 Å². The Balaban J connectivity index is 1.90. The van der Waals surface area contributed by atoms with Crippen LogP contribution >= 0.6 is 0 Å². The highest BCUT2D eigenvalue weighted by molar-refractivity contribution is 6.21. The lowest BCUT2D eigenvalue weighted by atomic mass is 9.76. The van der Waals surface area contributed by atoms with Crippen LogP contribution in [0.1, 0.15) is 38.3 Å². The molecule has 1 atom stereocenters. The molecule has 0 bridgehead atoms. The van der Waals surface area contributed by atoms with E-state index in [-0.39, 0.29) is 17.1 Å². The third-order valence-electron chi connectivity index (χ3n) is 5.04. The highest BCUT2D eigenvalue weighted by Crippen LogP contribution is 2.45. The summed E-state index contributed by atoms with van der Waals surface area (Å²) in [4.78, 5) is 26.9. The molecule has 0 spiro atoms. The minimum absolute atomic E-state index is 0.0399. The second-order valence-corrected chi connectivity index (χ2v) is 6.21. The van der Waals surface area contributed by atoms with E-state index in [9.17, 15) is 9.59 Å². The summed E-state index contributed by atoms with van der Waals surface area (Å²) < 4.78 is 2.24. The molecule has 4 heteroatoms. The average molecular weight is 270 g/mol. The quantitative estimate of drug-likeness (QED) is 0.677. The largest absolute Gasteiger partial charge is 0.361 e. The molecule has 4 nitrogen and oxygen atoms in total. The van der Waals surface area contributed by atoms with E-state index in [1.807, 2.05) is 6.07 Å². The van der Waals surface area contributed by atoms with Crippen LogP contribution in [-0.4, -0.2) is 27.6 Å². The number of aromatic nitrogens is 1. The van der Waals surface area contributed by atoms with Gasteiger partial charge in [0.1, 0.15) is 0 Å². The second kappa shape index (κ2) is 3.84. The summed E-state index contributed by atoms with van der Waals surface area (Å²) in [6.45, 7) is 3.95. The molecular formula is C16H18N2O2. The predicted octanol–water partition coefficient (Wildman–Crippen LogP) is 2.00. The van der Waals surface area contributed by atoms with Crippen LogP contribution in [0.4, 0.5) is 0 Å². The molecule has 0 aromatic carbocycles. The molecule has 0 amide bonds. The van der Waals surface area contributed by atoms with Crippen LogP contribution < -0.4 is 0 Å². The van der Waals surface area contributed by atoms with Gasteiger partial charge in [0, 0.05) is 43.5 Å². The van der Waals surface area contributed by atoms with Crippen molar-refractivity contribution in [3.05, 3.63) is 35.3 Å². The minimum Gasteiger partial charge on any atom is -0.361 e. The zero-order chi connectivity index (χ0) is 13.9. The number of allylic oxidation sites excluding steroid dienone is 2. The van der Waals surface area contributed by atoms with Gasteiger partial charge in [-0.1, -0.05) is 0 Å². The summed E-state index contributed by atoms with van der Waals surface area (Å²) in [5, 5.41) is 0. The van der Waals surface area contributed by atoms with Gasteiger partial charge >= 0.3 is 0 Å². The van der Waals surface area contributed by atoms with E-state index in [1.54, 1.807) is 0 Å². The van der Waals surface area contributed by atoms with Crippen LogP contribution in [0.25, 0.3) is 0 Å². The number of hydrogen-bond donors (Lipinski definition) is 0. The number of Topliss-reactive ketones (excluding diaryl/α,β-unsaturated/α-hetero) is 2. The summed E-state index contributed by atoms with van der Waals surface area (Å²) in [5.74, 6) is 0.0948. The first-order chi connectivity index (χ1) is 9.61. The van der Waals surface area contributed by atoms with E-state index in [0.29, 0.717) is 18.4 Å². The van der Waals surface area contributed by atoms with Gasteiger partial charge in [-0.05, 0) is 31.9 Å². The molecule has 20 heavy (non-hydrogen) atoms. The van der Waals surface area contributed by atoms with Crippen molar-refractivity contribution >= 4 is 11.6 Å². The summed E-state index contributed by atoms with van der Waals surface area (Å²) in [7, 11) is 0. The fraction of sp³-hybridized carbons (Fsp3) is 0.500. The Labute approximate surface area is 118 Å². The minimum atomic E-state index is -0.282. The number of carbonyl (C=O) groups is 2. The Morgan fingerprint density at radius 1 is 1.15 bits per heavy atom. The maximum atomic E-state index is 12.5. The van der Waals surface area contributed by atoms with Crippen molar-refractivity contribution < 1.29 is 9.59 Å². The van der Waals surface area contributed by atoms with E-state index in [2.05, 4.69) is 28.7 Å². The number of hydrogen-bond acceptors (Lipinski definition) is 3. The van der Waals surface area contributed by atoms with Gasteiger partial charge in [-0.25, -0.2) is 0 Å². The SMILES string of the molecule is C[C@@]12CC(=O)C3=C(CCCC3=O)N1CCn1cccc12. The second-order valence-electron chi connectivity index (χ2n) is 6.21. The van der Waals surface area contributed by atoms with Gasteiger partial charge in [0.15, 0.2) is 11.6 Å². The Bertz CT molecular complexity index is 655. The Hall–Kier alpha value is -1.84. The fourth-order valence-corrected chi connectivity index (χ4v) is 4.12. The molecule has 0 N–H and O–H groups in total. The monoisotopic (exact) mass is 270 g/mol. The van der Waals surface area contributed by atoms with Gasteiger partial charge in [-0.2, -0.15) is 0 Å². The lowest BCUT2D eigenvalue weighted by Crippen LogP contribution is -2.55. The fourth-order valence-electron chi connectivity index (χ4n) is 4.12. The number of ketones is 2. The highest BCUT2D eigenvalue weighted by atomic mass is 16.1. The van der Waals surface area contributed by atoms with Gasteiger partial charge in [0.25, 0.3) is 0 Å². The molecule has 104 valence electrons. The molecule has 1 aromatic rings. The third-order valence-corrected chi connectivity index (χ3v) is 5.04. The topological polar surface area (TPSA) is 42.3 Å². The van der Waals surface area contributed by atoms with Crippen LogP contribution in [0.15, 0.2) is 29.6 Å². The van der Waals surface area contributed by atoms with Gasteiger partial charge in [0.2, 0.25) is 0 Å². The van der Waals surface area contributed by atoms with E-state index in [4.69, 9.17) is 0 Å². The number of rotatable bonds is 0. The Kier molecular flexibility index (Phi) is 2.29. The molecule has 1 aromatic heterocycles. The van der Waals surface area contributed by atoms with Crippen molar-refractivity contribution in [3.8, 4) is 0 Å². The molecule has 0 saturated heterocycles. The maximum Gasteiger partial charge on any atom is 0.170 e. The lowest BCUT2D eigenvalue weighted by molar-refractivity contribution is -0.126. The first-order valence-corrected chi connectivity index (χ1v) is 7.34. The zero-order valence-electron chi connectivity index (χ0n) is 11.7. The molecule has 3 heterocycles. The third kappa shape index (κ3) is 1.37. The van der Waals surface area contributed by atoms with Crippen LogP contribution in [0.2, 0.25) is 0 Å². The first-order valence-electron chi connectivity index (χ1n) is 7.34. The lowest BCUT2D eigenvalue weighted by Gasteiger charge is -2.51. The van der Waals surface area contributed by atoms with Gasteiger partial charge in [-0.3, -0.25) is 9.59 Å². The van der Waals surface area contributed by atoms with Crippen molar-refractivity contribution in [2.24, 2.45) is 0 Å². The molecule has 1 aliphatic carbocycles. The van der Waals surface area contributed by atoms with Crippen molar-refractivity contribution in [1.29, 1.82) is 0 Å². The van der Waals surface area contributed by atoms with Crippen LogP contribution in [0.5, 0.6) is 0 Å². The molecule has 0 fully saturated rings. The smallest absolute Gasteiger partial charge is 0.170 e. The van der Waals surface area contributed by atoms with Crippen molar-refractivity contribution in [2.45, 2.75) is 44.7 Å². The number of carbonyl (C=O) groups excluding carboxylic acids is 2. The molecule has 0 unspecified atom stereocenters. The normalized spacial score (nSPS) is 29.1. The van der Waals surface area contributed by atoms with Crippen molar-refractivity contribution in [2.75, 3.05) is 6.54 Å². The zero-order valence-corrected chi connectivity index (χ0v) is 11.7. The van der Waals surface area contributed by atoms with Crippen LogP contribution in [-0.2, 0) is 21.7 Å². The predicted molar refractivity (Wildman–Crippen MR) is 74.0 cm³/mol.